The summed E-state index contributed by atoms with van der Waals surface area (Å²) in [5.41, 5.74) is 1.12. The Balaban J connectivity index is 0.00000240. The maximum absolute atomic E-state index is 14.0. The molecule has 29 heavy (non-hydrogen) atoms. The van der Waals surface area contributed by atoms with Crippen molar-refractivity contribution in [2.75, 3.05) is 32.7 Å². The molecule has 2 aromatic rings. The molecule has 0 bridgehead atoms. The van der Waals surface area contributed by atoms with E-state index in [1.807, 2.05) is 13.0 Å². The van der Waals surface area contributed by atoms with E-state index in [9.17, 15) is 8.78 Å². The number of nitrogens with one attached hydrogen (secondary N) is 1. The summed E-state index contributed by atoms with van der Waals surface area (Å²) in [5, 5.41) is 7.39. The summed E-state index contributed by atoms with van der Waals surface area (Å²) in [4.78, 5) is 9.14. The fourth-order valence-electron chi connectivity index (χ4n) is 3.76. The molecule has 2 heterocycles. The second-order valence-electron chi connectivity index (χ2n) is 7.28. The Morgan fingerprint density at radius 2 is 1.93 bits per heavy atom. The normalized spacial score (nSPS) is 22.3. The number of aromatic nitrogens is 1. The molecule has 2 unspecified atom stereocenters. The Morgan fingerprint density at radius 1 is 1.21 bits per heavy atom. The summed E-state index contributed by atoms with van der Waals surface area (Å²) in [5.74, 6) is -0.251. The van der Waals surface area contributed by atoms with Crippen LogP contribution in [0.2, 0.25) is 0 Å². The largest absolute Gasteiger partial charge is 0.364 e. The van der Waals surface area contributed by atoms with Crippen molar-refractivity contribution in [3.63, 3.8) is 0 Å². The molecule has 1 saturated carbocycles. The molecule has 1 aliphatic carbocycles. The minimum atomic E-state index is -0.468. The van der Waals surface area contributed by atoms with Crippen molar-refractivity contribution >= 4 is 29.9 Å². The molecule has 4 rings (SSSR count). The van der Waals surface area contributed by atoms with Gasteiger partial charge in [0.2, 0.25) is 0 Å². The van der Waals surface area contributed by atoms with Crippen molar-refractivity contribution in [2.45, 2.75) is 31.8 Å². The van der Waals surface area contributed by atoms with Gasteiger partial charge >= 0.3 is 0 Å². The molecule has 6 nitrogen and oxygen atoms in total. The smallest absolute Gasteiger partial charge is 0.194 e. The lowest BCUT2D eigenvalue weighted by Gasteiger charge is -2.36. The zero-order valence-corrected chi connectivity index (χ0v) is 18.7. The second-order valence-corrected chi connectivity index (χ2v) is 7.28. The topological polar surface area (TPSA) is 56.9 Å². The maximum Gasteiger partial charge on any atom is 0.194 e. The van der Waals surface area contributed by atoms with Crippen LogP contribution in [0.5, 0.6) is 0 Å². The molecule has 9 heteroatoms. The van der Waals surface area contributed by atoms with Gasteiger partial charge in [-0.05, 0) is 25.5 Å². The lowest BCUT2D eigenvalue weighted by Crippen LogP contribution is -2.52. The van der Waals surface area contributed by atoms with E-state index in [-0.39, 0.29) is 41.5 Å². The van der Waals surface area contributed by atoms with Crippen molar-refractivity contribution in [1.82, 2.24) is 20.3 Å². The molecule has 1 aromatic heterocycles. The fourth-order valence-corrected chi connectivity index (χ4v) is 3.76. The standard InChI is InChI=1S/C20H25F2N5O.HI/c1-2-23-20(24-18-12-15(18)19-16(21)4-3-5-17(19)22)27-9-7-26(8-10-27)13-14-6-11-28-25-14;/h3-6,11,15,18H,2,7-10,12-13H2,1H3,(H,23,24);1H. The first kappa shape index (κ1) is 21.9. The highest BCUT2D eigenvalue weighted by Crippen LogP contribution is 2.43. The molecule has 2 aliphatic rings. The van der Waals surface area contributed by atoms with Gasteiger partial charge in [0.1, 0.15) is 17.9 Å². The number of guanidine groups is 1. The average molecular weight is 517 g/mol. The highest BCUT2D eigenvalue weighted by atomic mass is 127. The van der Waals surface area contributed by atoms with Gasteiger partial charge < -0.3 is 14.7 Å². The van der Waals surface area contributed by atoms with Crippen molar-refractivity contribution in [3.8, 4) is 0 Å². The Kier molecular flexibility index (Phi) is 7.44. The molecule has 1 aromatic carbocycles. The van der Waals surface area contributed by atoms with E-state index in [4.69, 9.17) is 4.52 Å². The van der Waals surface area contributed by atoms with Crippen LogP contribution in [-0.2, 0) is 6.54 Å². The zero-order valence-electron chi connectivity index (χ0n) is 16.4. The van der Waals surface area contributed by atoms with Gasteiger partial charge in [-0.15, -0.1) is 24.0 Å². The molecule has 0 radical (unpaired) electrons. The summed E-state index contributed by atoms with van der Waals surface area (Å²) < 4.78 is 32.9. The van der Waals surface area contributed by atoms with Crippen LogP contribution in [0.3, 0.4) is 0 Å². The minimum Gasteiger partial charge on any atom is -0.364 e. The van der Waals surface area contributed by atoms with Crippen LogP contribution in [-0.4, -0.2) is 59.7 Å². The van der Waals surface area contributed by atoms with Crippen molar-refractivity contribution in [2.24, 2.45) is 4.99 Å². The molecule has 0 spiro atoms. The SMILES string of the molecule is CCN=C(NC1CC1c1c(F)cccc1F)N1CCN(Cc2ccon2)CC1.I. The molecule has 158 valence electrons. The lowest BCUT2D eigenvalue weighted by molar-refractivity contribution is 0.169. The number of benzene rings is 1. The van der Waals surface area contributed by atoms with E-state index in [0.29, 0.717) is 13.0 Å². The first-order valence-electron chi connectivity index (χ1n) is 9.77. The van der Waals surface area contributed by atoms with Crippen molar-refractivity contribution in [3.05, 3.63) is 53.4 Å². The number of rotatable bonds is 5. The van der Waals surface area contributed by atoms with Gasteiger partial charge in [-0.3, -0.25) is 9.89 Å². The predicted octanol–water partition coefficient (Wildman–Crippen LogP) is 3.21. The van der Waals surface area contributed by atoms with E-state index < -0.39 is 11.6 Å². The van der Waals surface area contributed by atoms with Gasteiger partial charge in [0, 0.05) is 62.9 Å². The maximum atomic E-state index is 14.0. The molecule has 0 amide bonds. The minimum absolute atomic E-state index is 0. The van der Waals surface area contributed by atoms with Crippen molar-refractivity contribution in [1.29, 1.82) is 0 Å². The van der Waals surface area contributed by atoms with Crippen LogP contribution in [0.4, 0.5) is 8.78 Å². The Labute approximate surface area is 186 Å². The third-order valence-electron chi connectivity index (χ3n) is 5.33. The van der Waals surface area contributed by atoms with Crippen LogP contribution in [0.1, 0.15) is 30.5 Å². The Hall–Kier alpha value is -1.75. The Bertz CT molecular complexity index is 804. The van der Waals surface area contributed by atoms with Crippen LogP contribution in [0, 0.1) is 11.6 Å². The third-order valence-corrected chi connectivity index (χ3v) is 5.33. The molecule has 1 saturated heterocycles. The van der Waals surface area contributed by atoms with Gasteiger partial charge in [0.15, 0.2) is 5.96 Å². The summed E-state index contributed by atoms with van der Waals surface area (Å²) >= 11 is 0. The van der Waals surface area contributed by atoms with Gasteiger partial charge in [0.05, 0.1) is 5.69 Å². The quantitative estimate of drug-likeness (QED) is 0.375. The summed E-state index contributed by atoms with van der Waals surface area (Å²) in [7, 11) is 0. The predicted molar refractivity (Wildman–Crippen MR) is 117 cm³/mol. The van der Waals surface area contributed by atoms with Gasteiger partial charge in [-0.25, -0.2) is 8.78 Å². The van der Waals surface area contributed by atoms with E-state index in [2.05, 4.69) is 25.3 Å². The monoisotopic (exact) mass is 517 g/mol. The number of nitrogens with zero attached hydrogens (tertiary/aromatic N) is 4. The molecular formula is C20H26F2IN5O. The van der Waals surface area contributed by atoms with Crippen LogP contribution < -0.4 is 5.32 Å². The number of hydrogen-bond donors (Lipinski definition) is 1. The van der Waals surface area contributed by atoms with Crippen LogP contribution in [0.15, 0.2) is 40.0 Å². The van der Waals surface area contributed by atoms with Crippen LogP contribution in [0.25, 0.3) is 0 Å². The lowest BCUT2D eigenvalue weighted by atomic mass is 10.1. The number of aliphatic imine (C=N–C) groups is 1. The molecule has 1 N–H and O–H groups in total. The van der Waals surface area contributed by atoms with Gasteiger partial charge in [-0.1, -0.05) is 11.2 Å². The van der Waals surface area contributed by atoms with Crippen molar-refractivity contribution < 1.29 is 13.3 Å². The number of halogens is 3. The summed E-state index contributed by atoms with van der Waals surface area (Å²) in [6.45, 7) is 6.90. The highest BCUT2D eigenvalue weighted by Gasteiger charge is 2.43. The average Bonchev–Trinajstić information content (AvgIpc) is 3.22. The highest BCUT2D eigenvalue weighted by molar-refractivity contribution is 14.0. The Morgan fingerprint density at radius 3 is 2.55 bits per heavy atom. The molecule has 2 fully saturated rings. The molecular weight excluding hydrogens is 491 g/mol. The summed E-state index contributed by atoms with van der Waals surface area (Å²) in [6.07, 6.45) is 2.30. The van der Waals surface area contributed by atoms with Gasteiger partial charge in [0.25, 0.3) is 0 Å². The summed E-state index contributed by atoms with van der Waals surface area (Å²) in [6, 6.07) is 5.95. The van der Waals surface area contributed by atoms with E-state index in [0.717, 1.165) is 44.4 Å². The number of hydrogen-bond acceptors (Lipinski definition) is 4. The number of piperazine rings is 1. The van der Waals surface area contributed by atoms with E-state index >= 15 is 0 Å². The first-order valence-corrected chi connectivity index (χ1v) is 9.77. The molecule has 2 atom stereocenters. The third kappa shape index (κ3) is 5.25. The van der Waals surface area contributed by atoms with E-state index in [1.54, 1.807) is 6.26 Å². The fraction of sp³-hybridized carbons (Fsp3) is 0.500. The second kappa shape index (κ2) is 9.84. The molecule has 1 aliphatic heterocycles. The van der Waals surface area contributed by atoms with Crippen LogP contribution >= 0.6 is 24.0 Å². The zero-order chi connectivity index (χ0) is 19.5. The van der Waals surface area contributed by atoms with E-state index in [1.165, 1.54) is 18.2 Å². The van der Waals surface area contributed by atoms with Gasteiger partial charge in [-0.2, -0.15) is 0 Å². The first-order chi connectivity index (χ1) is 13.7.